The summed E-state index contributed by atoms with van der Waals surface area (Å²) in [6.45, 7) is 4.59. The summed E-state index contributed by atoms with van der Waals surface area (Å²) in [5, 5.41) is 2.98. The molecule has 0 saturated carbocycles. The van der Waals surface area contributed by atoms with Crippen LogP contribution in [0.2, 0.25) is 0 Å². The van der Waals surface area contributed by atoms with Crippen molar-refractivity contribution in [3.63, 3.8) is 0 Å². The van der Waals surface area contributed by atoms with Gasteiger partial charge < -0.3 is 5.32 Å². The number of nitrogens with one attached hydrogen (secondary N) is 2. The summed E-state index contributed by atoms with van der Waals surface area (Å²) in [5.74, 6) is 0.720. The molecule has 3 N–H and O–H groups in total. The molecule has 36 heavy (non-hydrogen) atoms. The van der Waals surface area contributed by atoms with Gasteiger partial charge in [0.1, 0.15) is 5.78 Å². The van der Waals surface area contributed by atoms with Gasteiger partial charge in [0.2, 0.25) is 5.91 Å². The monoisotopic (exact) mass is 522 g/mol. The molecule has 0 heterocycles. The first-order chi connectivity index (χ1) is 17.4. The quantitative estimate of drug-likeness (QED) is 0.103. The second kappa shape index (κ2) is 21.4. The Morgan fingerprint density at radius 1 is 0.750 bits per heavy atom. The van der Waals surface area contributed by atoms with Crippen molar-refractivity contribution >= 4 is 28.6 Å². The summed E-state index contributed by atoms with van der Waals surface area (Å²) in [6.07, 6.45) is 19.5. The first kappa shape index (κ1) is 32.3. The van der Waals surface area contributed by atoms with E-state index < -0.39 is 11.3 Å². The summed E-state index contributed by atoms with van der Waals surface area (Å²) in [6, 6.07) is 7.30. The average molecular weight is 523 g/mol. The molecule has 1 amide bonds. The third-order valence-electron chi connectivity index (χ3n) is 6.62. The molecule has 206 valence electrons. The average Bonchev–Trinajstić information content (AvgIpc) is 2.84. The number of unbranched alkanes of at least 4 members (excludes halogenated alkanes) is 13. The molecule has 1 unspecified atom stereocenters. The Morgan fingerprint density at radius 2 is 1.19 bits per heavy atom. The van der Waals surface area contributed by atoms with Gasteiger partial charge in [0.25, 0.3) is 11.3 Å². The molecular weight excluding hydrogens is 472 g/mol. The molecule has 0 radical (unpaired) electrons. The fraction of sp³-hybridized carbons (Fsp3) is 0.724. The van der Waals surface area contributed by atoms with Crippen LogP contribution in [-0.4, -0.2) is 27.0 Å². The lowest BCUT2D eigenvalue weighted by atomic mass is 10.0. The molecule has 0 spiro atoms. The van der Waals surface area contributed by atoms with E-state index >= 15 is 0 Å². The predicted molar refractivity (Wildman–Crippen MR) is 151 cm³/mol. The van der Waals surface area contributed by atoms with Crippen LogP contribution >= 0.6 is 0 Å². The smallest absolute Gasteiger partial charge is 0.259 e. The van der Waals surface area contributed by atoms with Crippen molar-refractivity contribution in [2.75, 3.05) is 11.3 Å². The Bertz CT molecular complexity index is 737. The maximum Gasteiger partial charge on any atom is 0.259 e. The number of ketones is 1. The minimum Gasteiger partial charge on any atom is -0.356 e. The van der Waals surface area contributed by atoms with E-state index in [9.17, 15) is 13.8 Å². The van der Waals surface area contributed by atoms with Gasteiger partial charge in [-0.15, -0.1) is 0 Å². The van der Waals surface area contributed by atoms with Crippen molar-refractivity contribution in [1.82, 2.24) is 5.32 Å². The van der Waals surface area contributed by atoms with E-state index in [1.54, 1.807) is 12.1 Å². The van der Waals surface area contributed by atoms with Crippen molar-refractivity contribution in [2.24, 2.45) is 5.92 Å². The van der Waals surface area contributed by atoms with E-state index in [1.807, 2.05) is 26.0 Å². The summed E-state index contributed by atoms with van der Waals surface area (Å²) >= 11 is -2.06. The highest BCUT2D eigenvalue weighted by Crippen LogP contribution is 2.14. The fourth-order valence-electron chi connectivity index (χ4n) is 4.27. The van der Waals surface area contributed by atoms with Crippen LogP contribution in [0.15, 0.2) is 24.3 Å². The van der Waals surface area contributed by atoms with Crippen molar-refractivity contribution in [3.8, 4) is 0 Å². The molecule has 0 fully saturated rings. The summed E-state index contributed by atoms with van der Waals surface area (Å²) in [5.41, 5.74) is 1.68. The Labute approximate surface area is 222 Å². The molecule has 0 bridgehead atoms. The van der Waals surface area contributed by atoms with E-state index in [0.717, 1.165) is 37.7 Å². The third-order valence-corrected chi connectivity index (χ3v) is 7.03. The summed E-state index contributed by atoms with van der Waals surface area (Å²) in [4.78, 5) is 23.6. The molecule has 0 aliphatic carbocycles. The number of carbonyl (C=O) groups is 2. The van der Waals surface area contributed by atoms with Gasteiger partial charge in [0, 0.05) is 31.0 Å². The number of carbonyl (C=O) groups excluding carboxylic acids is 2. The number of Topliss-reactive ketones (excluding diaryl/α,β-unsaturated/α-hetero) is 1. The van der Waals surface area contributed by atoms with Crippen LogP contribution < -0.4 is 10.0 Å². The largest absolute Gasteiger partial charge is 0.356 e. The lowest BCUT2D eigenvalue weighted by Crippen LogP contribution is -2.25. The van der Waals surface area contributed by atoms with Crippen LogP contribution in [0.4, 0.5) is 5.69 Å². The van der Waals surface area contributed by atoms with E-state index in [1.165, 1.54) is 70.6 Å². The van der Waals surface area contributed by atoms with E-state index in [0.29, 0.717) is 24.4 Å². The van der Waals surface area contributed by atoms with Crippen LogP contribution in [0.5, 0.6) is 0 Å². The molecule has 0 saturated heterocycles. The normalized spacial score (nSPS) is 12.0. The topological polar surface area (TPSA) is 95.5 Å². The molecule has 1 aromatic carbocycles. The first-order valence-electron chi connectivity index (χ1n) is 14.1. The highest BCUT2D eigenvalue weighted by molar-refractivity contribution is 7.80. The Hall–Kier alpha value is -1.73. The number of benzene rings is 1. The maximum atomic E-state index is 12.0. The predicted octanol–water partition coefficient (Wildman–Crippen LogP) is 7.36. The molecule has 7 heteroatoms. The zero-order valence-electron chi connectivity index (χ0n) is 22.7. The van der Waals surface area contributed by atoms with Gasteiger partial charge in [0.05, 0.1) is 0 Å². The van der Waals surface area contributed by atoms with Gasteiger partial charge in [-0.05, 0) is 37.0 Å². The maximum absolute atomic E-state index is 12.0. The van der Waals surface area contributed by atoms with Gasteiger partial charge in [-0.3, -0.25) is 18.9 Å². The van der Waals surface area contributed by atoms with Crippen LogP contribution in [-0.2, 0) is 27.3 Å². The van der Waals surface area contributed by atoms with Crippen molar-refractivity contribution < 1.29 is 18.4 Å². The number of amides is 1. The first-order valence-corrected chi connectivity index (χ1v) is 15.2. The van der Waals surface area contributed by atoms with Gasteiger partial charge in [-0.1, -0.05) is 103 Å². The van der Waals surface area contributed by atoms with Gasteiger partial charge >= 0.3 is 0 Å². The molecule has 1 rings (SSSR count). The number of rotatable bonds is 23. The molecule has 6 nitrogen and oxygen atoms in total. The lowest BCUT2D eigenvalue weighted by molar-refractivity contribution is -0.122. The van der Waals surface area contributed by atoms with Crippen LogP contribution in [0.3, 0.4) is 0 Å². The van der Waals surface area contributed by atoms with Crippen LogP contribution in [0, 0.1) is 5.92 Å². The Balaban J connectivity index is 1.83. The number of hydrogen-bond acceptors (Lipinski definition) is 3. The van der Waals surface area contributed by atoms with E-state index in [4.69, 9.17) is 4.55 Å². The van der Waals surface area contributed by atoms with Crippen molar-refractivity contribution in [2.45, 2.75) is 123 Å². The fourth-order valence-corrected chi connectivity index (χ4v) is 4.61. The zero-order valence-corrected chi connectivity index (χ0v) is 23.5. The summed E-state index contributed by atoms with van der Waals surface area (Å²) in [7, 11) is 0. The third kappa shape index (κ3) is 18.5. The molecule has 0 aliphatic rings. The molecular formula is C29H50N2O4S. The van der Waals surface area contributed by atoms with Crippen molar-refractivity contribution in [3.05, 3.63) is 29.8 Å². The second-order valence-electron chi connectivity index (χ2n) is 10.2. The minimum atomic E-state index is -2.06. The standard InChI is InChI=1S/C29H50N2O4S/c1-25(2)28(32)17-15-13-11-9-7-5-3-4-6-8-10-12-14-16-18-29(33)30-24-23-26-19-21-27(22-20-26)31-36(34)35/h19-22,25,31H,3-18,23-24H2,1-2H3,(H,30,33)(H,34,35). The highest BCUT2D eigenvalue weighted by Gasteiger charge is 2.06. The summed E-state index contributed by atoms with van der Waals surface area (Å²) < 4.78 is 22.0. The van der Waals surface area contributed by atoms with Crippen LogP contribution in [0.1, 0.15) is 122 Å². The Kier molecular flexibility index (Phi) is 19.2. The van der Waals surface area contributed by atoms with E-state index in [-0.39, 0.29) is 11.8 Å². The number of anilines is 1. The van der Waals surface area contributed by atoms with Crippen molar-refractivity contribution in [1.29, 1.82) is 0 Å². The Morgan fingerprint density at radius 3 is 1.64 bits per heavy atom. The second-order valence-corrected chi connectivity index (χ2v) is 10.9. The minimum absolute atomic E-state index is 0.119. The van der Waals surface area contributed by atoms with E-state index in [2.05, 4.69) is 10.0 Å². The van der Waals surface area contributed by atoms with Crippen LogP contribution in [0.25, 0.3) is 0 Å². The van der Waals surface area contributed by atoms with Gasteiger partial charge in [-0.2, -0.15) is 0 Å². The van der Waals surface area contributed by atoms with Gasteiger partial charge in [0.15, 0.2) is 0 Å². The lowest BCUT2D eigenvalue weighted by Gasteiger charge is -2.07. The number of hydrogen-bond donors (Lipinski definition) is 3. The molecule has 0 aromatic heterocycles. The molecule has 1 atom stereocenters. The molecule has 0 aliphatic heterocycles. The van der Waals surface area contributed by atoms with Gasteiger partial charge in [-0.25, -0.2) is 4.21 Å². The molecule has 1 aromatic rings. The SMILES string of the molecule is CC(C)C(=O)CCCCCCCCCCCCCCCCC(=O)NCCc1ccc(NS(=O)O)cc1. The zero-order chi connectivity index (χ0) is 26.4. The highest BCUT2D eigenvalue weighted by atomic mass is 32.2.